The molecule has 1 amide bonds. The highest BCUT2D eigenvalue weighted by Gasteiger charge is 2.27. The van der Waals surface area contributed by atoms with Gasteiger partial charge in [0.2, 0.25) is 5.91 Å². The number of aromatic nitrogens is 1. The lowest BCUT2D eigenvalue weighted by Gasteiger charge is -2.37. The average molecular weight is 361 g/mol. The third-order valence-electron chi connectivity index (χ3n) is 4.59. The molecule has 1 aromatic rings. The van der Waals surface area contributed by atoms with Gasteiger partial charge < -0.3 is 10.2 Å². The van der Waals surface area contributed by atoms with Gasteiger partial charge >= 0.3 is 0 Å². The first-order valence-electron chi connectivity index (χ1n) is 7.94. The maximum Gasteiger partial charge on any atom is 0.222 e. The van der Waals surface area contributed by atoms with Crippen LogP contribution in [0.5, 0.6) is 0 Å². The number of pyridine rings is 1. The number of hydrogen-bond acceptors (Lipinski definition) is 4. The zero-order valence-electron chi connectivity index (χ0n) is 13.3. The fourth-order valence-corrected chi connectivity index (χ4v) is 3.25. The number of carbonyl (C=O) groups is 1. The number of piperazine rings is 1. The molecule has 2 fully saturated rings. The van der Waals surface area contributed by atoms with Crippen molar-refractivity contribution in [2.75, 3.05) is 39.3 Å². The van der Waals surface area contributed by atoms with E-state index in [1.807, 2.05) is 17.0 Å². The summed E-state index contributed by atoms with van der Waals surface area (Å²) in [6.45, 7) is 6.05. The number of nitrogens with one attached hydrogen (secondary N) is 1. The number of carbonyl (C=O) groups excluding carboxylic acids is 1. The highest BCUT2D eigenvalue weighted by Crippen LogP contribution is 2.13. The van der Waals surface area contributed by atoms with Crippen molar-refractivity contribution in [3.63, 3.8) is 0 Å². The molecule has 0 saturated carbocycles. The predicted octanol–water partition coefficient (Wildman–Crippen LogP) is 1.36. The SMILES string of the molecule is Cl.Cl.O=C(CCc1ccncc1)N1CCN(C2CCNC2)CC1. The lowest BCUT2D eigenvalue weighted by Crippen LogP contribution is -2.52. The Morgan fingerprint density at radius 2 is 1.87 bits per heavy atom. The van der Waals surface area contributed by atoms with E-state index in [9.17, 15) is 4.79 Å². The van der Waals surface area contributed by atoms with E-state index in [4.69, 9.17) is 0 Å². The number of rotatable bonds is 4. The van der Waals surface area contributed by atoms with Crippen molar-refractivity contribution >= 4 is 30.7 Å². The van der Waals surface area contributed by atoms with Gasteiger partial charge in [0, 0.05) is 57.6 Å². The number of nitrogens with zero attached hydrogens (tertiary/aromatic N) is 3. The minimum Gasteiger partial charge on any atom is -0.340 e. The normalized spacial score (nSPS) is 21.4. The fourth-order valence-electron chi connectivity index (χ4n) is 3.25. The zero-order chi connectivity index (χ0) is 14.5. The van der Waals surface area contributed by atoms with E-state index in [0.29, 0.717) is 12.5 Å². The van der Waals surface area contributed by atoms with Crippen LogP contribution in [0.4, 0.5) is 0 Å². The summed E-state index contributed by atoms with van der Waals surface area (Å²) < 4.78 is 0. The smallest absolute Gasteiger partial charge is 0.222 e. The molecule has 0 bridgehead atoms. The van der Waals surface area contributed by atoms with Crippen LogP contribution < -0.4 is 5.32 Å². The number of halogens is 2. The fraction of sp³-hybridized carbons (Fsp3) is 0.625. The topological polar surface area (TPSA) is 48.5 Å². The molecule has 1 aromatic heterocycles. The minimum atomic E-state index is 0. The van der Waals surface area contributed by atoms with Crippen LogP contribution in [0.25, 0.3) is 0 Å². The molecule has 5 nitrogen and oxygen atoms in total. The minimum absolute atomic E-state index is 0. The van der Waals surface area contributed by atoms with E-state index in [0.717, 1.165) is 45.7 Å². The monoisotopic (exact) mass is 360 g/mol. The second-order valence-electron chi connectivity index (χ2n) is 5.92. The molecule has 2 aliphatic heterocycles. The maximum atomic E-state index is 12.3. The highest BCUT2D eigenvalue weighted by atomic mass is 35.5. The first-order chi connectivity index (χ1) is 10.3. The van der Waals surface area contributed by atoms with Gasteiger partial charge in [0.05, 0.1) is 0 Å². The molecule has 2 aliphatic rings. The molecule has 7 heteroatoms. The van der Waals surface area contributed by atoms with Gasteiger partial charge in [-0.25, -0.2) is 0 Å². The van der Waals surface area contributed by atoms with E-state index in [-0.39, 0.29) is 30.7 Å². The maximum absolute atomic E-state index is 12.3. The highest BCUT2D eigenvalue weighted by molar-refractivity contribution is 5.85. The van der Waals surface area contributed by atoms with E-state index >= 15 is 0 Å². The first kappa shape index (κ1) is 20.2. The summed E-state index contributed by atoms with van der Waals surface area (Å²) in [6, 6.07) is 4.65. The van der Waals surface area contributed by atoms with Gasteiger partial charge in [-0.15, -0.1) is 24.8 Å². The Hall–Kier alpha value is -0.880. The second-order valence-corrected chi connectivity index (χ2v) is 5.92. The van der Waals surface area contributed by atoms with Crippen molar-refractivity contribution in [1.82, 2.24) is 20.1 Å². The third kappa shape index (κ3) is 5.60. The van der Waals surface area contributed by atoms with Crippen molar-refractivity contribution < 1.29 is 4.79 Å². The van der Waals surface area contributed by atoms with Crippen molar-refractivity contribution in [3.8, 4) is 0 Å². The molecule has 0 aliphatic carbocycles. The van der Waals surface area contributed by atoms with E-state index in [1.54, 1.807) is 12.4 Å². The summed E-state index contributed by atoms with van der Waals surface area (Å²) in [5, 5.41) is 3.41. The molecule has 0 spiro atoms. The summed E-state index contributed by atoms with van der Waals surface area (Å²) in [5.74, 6) is 0.288. The molecular weight excluding hydrogens is 335 g/mol. The van der Waals surface area contributed by atoms with Crippen LogP contribution in [0.1, 0.15) is 18.4 Å². The summed E-state index contributed by atoms with van der Waals surface area (Å²) in [6.07, 6.45) is 6.24. The number of hydrogen-bond donors (Lipinski definition) is 1. The molecule has 0 radical (unpaired) electrons. The van der Waals surface area contributed by atoms with Gasteiger partial charge in [0.1, 0.15) is 0 Å². The number of aryl methyl sites for hydroxylation is 1. The van der Waals surface area contributed by atoms with Gasteiger partial charge in [0.25, 0.3) is 0 Å². The standard InChI is InChI=1S/C16H24N4O.2ClH/c21-16(2-1-14-3-6-17-7-4-14)20-11-9-19(10-12-20)15-5-8-18-13-15;;/h3-4,6-7,15,18H,1-2,5,8-13H2;2*1H. The predicted molar refractivity (Wildman–Crippen MR) is 96.5 cm³/mol. The van der Waals surface area contributed by atoms with E-state index < -0.39 is 0 Å². The molecular formula is C16H26Cl2N4O. The summed E-state index contributed by atoms with van der Waals surface area (Å²) in [7, 11) is 0. The van der Waals surface area contributed by atoms with E-state index in [2.05, 4.69) is 15.2 Å². The molecule has 23 heavy (non-hydrogen) atoms. The summed E-state index contributed by atoms with van der Waals surface area (Å²) >= 11 is 0. The zero-order valence-corrected chi connectivity index (χ0v) is 15.0. The molecule has 130 valence electrons. The average Bonchev–Trinajstić information content (AvgIpc) is 3.08. The molecule has 1 N–H and O–H groups in total. The van der Waals surface area contributed by atoms with Gasteiger partial charge in [-0.2, -0.15) is 0 Å². The molecule has 3 heterocycles. The largest absolute Gasteiger partial charge is 0.340 e. The van der Waals surface area contributed by atoms with Crippen LogP contribution in [0, 0.1) is 0 Å². The Morgan fingerprint density at radius 1 is 1.17 bits per heavy atom. The Balaban J connectivity index is 0.00000132. The summed E-state index contributed by atoms with van der Waals surface area (Å²) in [5.41, 5.74) is 1.19. The Morgan fingerprint density at radius 3 is 2.48 bits per heavy atom. The Labute approximate surface area is 150 Å². The molecule has 0 aromatic carbocycles. The Kier molecular flexibility index (Phi) is 8.84. The van der Waals surface area contributed by atoms with Crippen molar-refractivity contribution in [2.45, 2.75) is 25.3 Å². The quantitative estimate of drug-likeness (QED) is 0.880. The van der Waals surface area contributed by atoms with Crippen LogP contribution in [-0.2, 0) is 11.2 Å². The van der Waals surface area contributed by atoms with Gasteiger partial charge in [-0.05, 0) is 37.1 Å². The van der Waals surface area contributed by atoms with Crippen molar-refractivity contribution in [2.24, 2.45) is 0 Å². The van der Waals surface area contributed by atoms with Crippen LogP contribution in [0.15, 0.2) is 24.5 Å². The Bertz CT molecular complexity index is 460. The lowest BCUT2D eigenvalue weighted by atomic mass is 10.1. The van der Waals surface area contributed by atoms with Crippen molar-refractivity contribution in [1.29, 1.82) is 0 Å². The second kappa shape index (κ2) is 10.1. The molecule has 2 saturated heterocycles. The summed E-state index contributed by atoms with van der Waals surface area (Å²) in [4.78, 5) is 20.8. The van der Waals surface area contributed by atoms with Gasteiger partial charge in [-0.1, -0.05) is 0 Å². The molecule has 3 rings (SSSR count). The van der Waals surface area contributed by atoms with Crippen molar-refractivity contribution in [3.05, 3.63) is 30.1 Å². The molecule has 1 unspecified atom stereocenters. The van der Waals surface area contributed by atoms with Gasteiger partial charge in [-0.3, -0.25) is 14.7 Å². The number of amides is 1. The lowest BCUT2D eigenvalue weighted by molar-refractivity contribution is -0.133. The third-order valence-corrected chi connectivity index (χ3v) is 4.59. The van der Waals surface area contributed by atoms with E-state index in [1.165, 1.54) is 12.0 Å². The van der Waals surface area contributed by atoms with Crippen LogP contribution in [-0.4, -0.2) is 66.0 Å². The van der Waals surface area contributed by atoms with Crippen LogP contribution in [0.2, 0.25) is 0 Å². The van der Waals surface area contributed by atoms with Crippen LogP contribution >= 0.6 is 24.8 Å². The first-order valence-corrected chi connectivity index (χ1v) is 7.94. The van der Waals surface area contributed by atoms with Crippen LogP contribution in [0.3, 0.4) is 0 Å². The molecule has 1 atom stereocenters. The van der Waals surface area contributed by atoms with Gasteiger partial charge in [0.15, 0.2) is 0 Å².